The van der Waals surface area contributed by atoms with Crippen LogP contribution >= 0.6 is 0 Å². The van der Waals surface area contributed by atoms with Gasteiger partial charge in [-0.3, -0.25) is 0 Å². The summed E-state index contributed by atoms with van der Waals surface area (Å²) in [5.41, 5.74) is 0. The zero-order valence-corrected chi connectivity index (χ0v) is 11.9. The lowest BCUT2D eigenvalue weighted by Gasteiger charge is -2.30. The van der Waals surface area contributed by atoms with E-state index in [4.69, 9.17) is 10.2 Å². The van der Waals surface area contributed by atoms with Crippen LogP contribution in [-0.4, -0.2) is 41.2 Å². The van der Waals surface area contributed by atoms with Gasteiger partial charge in [-0.2, -0.15) is 26.3 Å². The Morgan fingerprint density at radius 3 is 1.57 bits per heavy atom. The molecule has 0 fully saturated rings. The van der Waals surface area contributed by atoms with Crippen LogP contribution in [0.25, 0.3) is 0 Å². The van der Waals surface area contributed by atoms with Gasteiger partial charge in [-0.05, 0) is 12.8 Å². The molecule has 0 spiro atoms. The molecular weight excluding hydrogens is 302 g/mol. The van der Waals surface area contributed by atoms with Crippen molar-refractivity contribution < 1.29 is 36.6 Å². The van der Waals surface area contributed by atoms with Gasteiger partial charge in [0.15, 0.2) is 0 Å². The maximum absolute atomic E-state index is 12.2. The third kappa shape index (κ3) is 7.17. The fourth-order valence-corrected chi connectivity index (χ4v) is 1.18. The molecule has 8 heteroatoms. The Kier molecular flexibility index (Phi) is 10.8. The second kappa shape index (κ2) is 10.0. The van der Waals surface area contributed by atoms with E-state index in [0.29, 0.717) is 0 Å². The molecule has 0 atom stereocenters. The fourth-order valence-electron chi connectivity index (χ4n) is 1.18. The third-order valence-electron chi connectivity index (χ3n) is 2.58. The molecule has 0 amide bonds. The first-order valence-corrected chi connectivity index (χ1v) is 6.50. The van der Waals surface area contributed by atoms with E-state index in [1.54, 1.807) is 0 Å². The van der Waals surface area contributed by atoms with Crippen molar-refractivity contribution in [1.82, 2.24) is 0 Å². The first-order chi connectivity index (χ1) is 9.54. The molecule has 0 rings (SSSR count). The largest absolute Gasteiger partial charge is 0.390 e. The lowest BCUT2D eigenvalue weighted by molar-refractivity contribution is -0.323. The maximum Gasteiger partial charge on any atom is 0.376 e. The predicted molar refractivity (Wildman–Crippen MR) is 68.0 cm³/mol. The minimum atomic E-state index is -5.77. The molecule has 0 saturated carbocycles. The highest BCUT2D eigenvalue weighted by Gasteiger charge is 2.70. The van der Waals surface area contributed by atoms with Crippen LogP contribution in [0, 0.1) is 0 Å². The van der Waals surface area contributed by atoms with E-state index >= 15 is 0 Å². The number of alkyl halides is 6. The Hall–Kier alpha value is -0.760. The van der Waals surface area contributed by atoms with E-state index in [1.807, 2.05) is 6.08 Å². The van der Waals surface area contributed by atoms with Crippen LogP contribution in [0.3, 0.4) is 0 Å². The zero-order valence-electron chi connectivity index (χ0n) is 11.9. The van der Waals surface area contributed by atoms with Crippen molar-refractivity contribution >= 4 is 0 Å². The van der Waals surface area contributed by atoms with E-state index in [9.17, 15) is 26.3 Å². The first kappa shape index (κ1) is 22.5. The molecule has 0 unspecified atom stereocenters. The number of rotatable bonds is 9. The van der Waals surface area contributed by atoms with Crippen molar-refractivity contribution in [2.24, 2.45) is 0 Å². The van der Waals surface area contributed by atoms with Gasteiger partial charge in [0.05, 0.1) is 0 Å². The Labute approximate surface area is 120 Å². The fraction of sp³-hybridized carbons (Fsp3) is 0.846. The van der Waals surface area contributed by atoms with Crippen molar-refractivity contribution in [3.63, 3.8) is 0 Å². The van der Waals surface area contributed by atoms with E-state index < -0.39 is 31.0 Å². The van der Waals surface area contributed by atoms with Crippen LogP contribution < -0.4 is 0 Å². The number of allylic oxidation sites excluding steroid dienone is 1. The summed E-state index contributed by atoms with van der Waals surface area (Å²) in [5, 5.41) is 15.5. The standard InChI is InChI=1S/C8H16.C5H6F6O2/c1-3-5-7-8-6-4-2;6-3(7,1-12)5(10,11)4(8,9)2-13/h3H,1,4-8H2,2H3;12-13H,1-2H2. The van der Waals surface area contributed by atoms with Crippen LogP contribution in [0.1, 0.15) is 39.0 Å². The van der Waals surface area contributed by atoms with Gasteiger partial charge in [0.2, 0.25) is 0 Å². The second-order valence-electron chi connectivity index (χ2n) is 4.44. The minimum Gasteiger partial charge on any atom is -0.390 e. The third-order valence-corrected chi connectivity index (χ3v) is 2.58. The molecule has 0 bridgehead atoms. The van der Waals surface area contributed by atoms with Crippen molar-refractivity contribution in [2.45, 2.75) is 56.8 Å². The number of unbranched alkanes of at least 4 members (excludes halogenated alkanes) is 4. The van der Waals surface area contributed by atoms with Crippen LogP contribution in [0.5, 0.6) is 0 Å². The lowest BCUT2D eigenvalue weighted by Crippen LogP contribution is -2.57. The van der Waals surface area contributed by atoms with E-state index in [2.05, 4.69) is 13.5 Å². The average Bonchev–Trinajstić information content (AvgIpc) is 2.44. The maximum atomic E-state index is 12.2. The van der Waals surface area contributed by atoms with Gasteiger partial charge in [-0.1, -0.05) is 32.3 Å². The van der Waals surface area contributed by atoms with Crippen molar-refractivity contribution in [1.29, 1.82) is 0 Å². The SMILES string of the molecule is C=CCCCCCC.OCC(F)(F)C(F)(F)C(F)(F)CO. The normalized spacial score (nSPS) is 12.6. The Bertz CT molecular complexity index is 264. The molecule has 0 aromatic carbocycles. The van der Waals surface area contributed by atoms with Gasteiger partial charge < -0.3 is 10.2 Å². The zero-order chi connectivity index (χ0) is 17.2. The molecule has 0 aliphatic heterocycles. The van der Waals surface area contributed by atoms with Gasteiger partial charge in [0.1, 0.15) is 13.2 Å². The van der Waals surface area contributed by atoms with Gasteiger partial charge in [-0.25, -0.2) is 0 Å². The Morgan fingerprint density at radius 1 is 0.857 bits per heavy atom. The topological polar surface area (TPSA) is 40.5 Å². The van der Waals surface area contributed by atoms with Crippen LogP contribution in [0.4, 0.5) is 26.3 Å². The molecule has 2 N–H and O–H groups in total. The van der Waals surface area contributed by atoms with Crippen molar-refractivity contribution in [3.05, 3.63) is 12.7 Å². The summed E-state index contributed by atoms with van der Waals surface area (Å²) in [6.45, 7) is 1.05. The summed E-state index contributed by atoms with van der Waals surface area (Å²) in [7, 11) is 0. The van der Waals surface area contributed by atoms with Gasteiger partial charge in [0, 0.05) is 0 Å². The molecule has 2 nitrogen and oxygen atoms in total. The second-order valence-corrected chi connectivity index (χ2v) is 4.44. The molecule has 0 aromatic heterocycles. The van der Waals surface area contributed by atoms with Crippen LogP contribution in [0.2, 0.25) is 0 Å². The number of halogens is 6. The Morgan fingerprint density at radius 2 is 1.29 bits per heavy atom. The van der Waals surface area contributed by atoms with Gasteiger partial charge in [-0.15, -0.1) is 6.58 Å². The number of hydrogen-bond acceptors (Lipinski definition) is 2. The molecule has 21 heavy (non-hydrogen) atoms. The van der Waals surface area contributed by atoms with Crippen molar-refractivity contribution in [3.8, 4) is 0 Å². The molecule has 128 valence electrons. The molecule has 0 saturated heterocycles. The van der Waals surface area contributed by atoms with Crippen LogP contribution in [-0.2, 0) is 0 Å². The first-order valence-electron chi connectivity index (χ1n) is 6.50. The summed E-state index contributed by atoms with van der Waals surface area (Å²) in [6, 6.07) is 0. The van der Waals surface area contributed by atoms with Crippen LogP contribution in [0.15, 0.2) is 12.7 Å². The summed E-state index contributed by atoms with van der Waals surface area (Å²) in [5.74, 6) is -16.3. The van der Waals surface area contributed by atoms with E-state index in [-0.39, 0.29) is 0 Å². The molecule has 0 aliphatic carbocycles. The summed E-state index contributed by atoms with van der Waals surface area (Å²) in [4.78, 5) is 0. The molecule has 0 aliphatic rings. The molecule has 0 aromatic rings. The van der Waals surface area contributed by atoms with E-state index in [1.165, 1.54) is 32.1 Å². The highest BCUT2D eigenvalue weighted by atomic mass is 19.3. The summed E-state index contributed by atoms with van der Waals surface area (Å²) in [6.07, 6.45) is 8.61. The molecule has 0 radical (unpaired) electrons. The number of hydrogen-bond donors (Lipinski definition) is 2. The predicted octanol–water partition coefficient (Wildman–Crippen LogP) is 4.02. The van der Waals surface area contributed by atoms with Crippen molar-refractivity contribution in [2.75, 3.05) is 13.2 Å². The number of aliphatic hydroxyl groups excluding tert-OH is 2. The van der Waals surface area contributed by atoms with Gasteiger partial charge in [0.25, 0.3) is 0 Å². The minimum absolute atomic E-state index is 1.19. The summed E-state index contributed by atoms with van der Waals surface area (Å²) >= 11 is 0. The molecule has 0 heterocycles. The Balaban J connectivity index is 0. The average molecular weight is 324 g/mol. The highest BCUT2D eigenvalue weighted by molar-refractivity contribution is 4.95. The molecular formula is C13H22F6O2. The lowest BCUT2D eigenvalue weighted by atomic mass is 10.1. The number of aliphatic hydroxyl groups is 2. The monoisotopic (exact) mass is 324 g/mol. The quantitative estimate of drug-likeness (QED) is 0.382. The summed E-state index contributed by atoms with van der Waals surface area (Å²) < 4.78 is 72.4. The highest BCUT2D eigenvalue weighted by Crippen LogP contribution is 2.44. The smallest absolute Gasteiger partial charge is 0.376 e. The van der Waals surface area contributed by atoms with Gasteiger partial charge >= 0.3 is 17.8 Å². The van der Waals surface area contributed by atoms with E-state index in [0.717, 1.165) is 0 Å².